The van der Waals surface area contributed by atoms with Gasteiger partial charge in [0.1, 0.15) is 12.1 Å². The summed E-state index contributed by atoms with van der Waals surface area (Å²) in [6.07, 6.45) is 4.05. The van der Waals surface area contributed by atoms with Crippen molar-refractivity contribution in [2.24, 2.45) is 0 Å². The van der Waals surface area contributed by atoms with Crippen molar-refractivity contribution in [2.75, 3.05) is 26.3 Å². The van der Waals surface area contributed by atoms with Crippen LogP contribution < -0.4 is 4.74 Å². The van der Waals surface area contributed by atoms with Gasteiger partial charge >= 0.3 is 0 Å². The Morgan fingerprint density at radius 1 is 1.37 bits per heavy atom. The molecule has 144 valence electrons. The van der Waals surface area contributed by atoms with Crippen LogP contribution in [0.2, 0.25) is 0 Å². The van der Waals surface area contributed by atoms with Gasteiger partial charge in [-0.25, -0.2) is 4.68 Å². The molecule has 1 amide bonds. The number of aliphatic hydroxyl groups excluding tert-OH is 1. The van der Waals surface area contributed by atoms with Crippen molar-refractivity contribution in [3.8, 4) is 11.4 Å². The molecule has 1 N–H and O–H groups in total. The van der Waals surface area contributed by atoms with Crippen molar-refractivity contribution < 1.29 is 19.4 Å². The monoisotopic (exact) mass is 373 g/mol. The van der Waals surface area contributed by atoms with Gasteiger partial charge in [0.25, 0.3) is 5.91 Å². The molecule has 0 saturated carbocycles. The molecule has 3 heterocycles. The van der Waals surface area contributed by atoms with E-state index in [2.05, 4.69) is 15.5 Å². The van der Waals surface area contributed by atoms with Crippen LogP contribution in [0.15, 0.2) is 30.6 Å². The molecule has 9 nitrogen and oxygen atoms in total. The Labute approximate surface area is 156 Å². The lowest BCUT2D eigenvalue weighted by Gasteiger charge is -2.46. The summed E-state index contributed by atoms with van der Waals surface area (Å²) in [7, 11) is 0. The van der Waals surface area contributed by atoms with E-state index in [-0.39, 0.29) is 12.5 Å². The maximum Gasteiger partial charge on any atom is 0.260 e. The number of aliphatic hydroxyl groups is 1. The van der Waals surface area contributed by atoms with Gasteiger partial charge in [-0.05, 0) is 48.2 Å². The number of piperidine rings is 1. The van der Waals surface area contributed by atoms with Gasteiger partial charge in [-0.3, -0.25) is 4.79 Å². The Hall–Kier alpha value is -2.52. The second-order valence-electron chi connectivity index (χ2n) is 6.99. The predicted molar refractivity (Wildman–Crippen MR) is 94.4 cm³/mol. The van der Waals surface area contributed by atoms with E-state index in [0.717, 1.165) is 18.5 Å². The van der Waals surface area contributed by atoms with Gasteiger partial charge in [-0.1, -0.05) is 6.07 Å². The Balaban J connectivity index is 1.31. The number of hydrogen-bond acceptors (Lipinski definition) is 7. The molecule has 1 aromatic carbocycles. The van der Waals surface area contributed by atoms with Crippen LogP contribution in [0, 0.1) is 0 Å². The molecule has 1 atom stereocenters. The molecule has 2 aromatic rings. The molecule has 2 aliphatic rings. The van der Waals surface area contributed by atoms with Gasteiger partial charge in [0, 0.05) is 25.8 Å². The number of likely N-dealkylation sites (tertiary alicyclic amines) is 1. The van der Waals surface area contributed by atoms with E-state index in [4.69, 9.17) is 9.47 Å². The van der Waals surface area contributed by atoms with Crippen molar-refractivity contribution in [1.82, 2.24) is 25.1 Å². The lowest BCUT2D eigenvalue weighted by Crippen LogP contribution is -2.56. The summed E-state index contributed by atoms with van der Waals surface area (Å²) in [4.78, 5) is 14.3. The van der Waals surface area contributed by atoms with Gasteiger partial charge in [-0.2, -0.15) is 0 Å². The first kappa shape index (κ1) is 17.9. The number of hydrogen-bond donors (Lipinski definition) is 1. The van der Waals surface area contributed by atoms with Gasteiger partial charge in [0.2, 0.25) is 0 Å². The summed E-state index contributed by atoms with van der Waals surface area (Å²) in [6.45, 7) is 1.80. The summed E-state index contributed by atoms with van der Waals surface area (Å²) < 4.78 is 13.1. The van der Waals surface area contributed by atoms with Crippen molar-refractivity contribution in [3.05, 3.63) is 30.6 Å². The number of aromatic nitrogens is 4. The highest BCUT2D eigenvalue weighted by atomic mass is 16.5. The van der Waals surface area contributed by atoms with E-state index in [0.29, 0.717) is 38.3 Å². The fourth-order valence-corrected chi connectivity index (χ4v) is 3.76. The zero-order valence-corrected chi connectivity index (χ0v) is 15.0. The number of ether oxygens (including phenoxy) is 2. The number of amides is 1. The number of tetrazole rings is 1. The third-order valence-corrected chi connectivity index (χ3v) is 5.37. The van der Waals surface area contributed by atoms with Crippen LogP contribution >= 0.6 is 0 Å². The fourth-order valence-electron chi connectivity index (χ4n) is 3.76. The molecule has 9 heteroatoms. The van der Waals surface area contributed by atoms with Gasteiger partial charge in [-0.15, -0.1) is 5.10 Å². The normalized spacial score (nSPS) is 22.0. The molecule has 27 heavy (non-hydrogen) atoms. The van der Waals surface area contributed by atoms with E-state index < -0.39 is 11.7 Å². The highest BCUT2D eigenvalue weighted by Crippen LogP contribution is 2.35. The van der Waals surface area contributed by atoms with E-state index in [1.807, 2.05) is 12.1 Å². The highest BCUT2D eigenvalue weighted by Gasteiger charge is 2.44. The van der Waals surface area contributed by atoms with Gasteiger partial charge in [0.15, 0.2) is 6.61 Å². The number of carbonyl (C=O) groups is 1. The zero-order chi connectivity index (χ0) is 18.7. The first-order chi connectivity index (χ1) is 13.2. The second kappa shape index (κ2) is 7.61. The Morgan fingerprint density at radius 2 is 2.22 bits per heavy atom. The first-order valence-corrected chi connectivity index (χ1v) is 9.22. The van der Waals surface area contributed by atoms with Gasteiger partial charge in [0.05, 0.1) is 17.4 Å². The standard InChI is InChI=1S/C18H23N5O4/c24-16-5-2-10-27-18(16)6-8-22(9-7-18)17(25)12-26-15-4-1-3-14(11-15)23-13-19-20-21-23/h1,3-4,11,13,16,24H,2,5-10,12H2/t16-/m1/s1. The first-order valence-electron chi connectivity index (χ1n) is 9.22. The molecule has 2 aliphatic heterocycles. The molecule has 1 aromatic heterocycles. The van der Waals surface area contributed by atoms with E-state index in [1.165, 1.54) is 11.0 Å². The average Bonchev–Trinajstić information content (AvgIpc) is 3.24. The van der Waals surface area contributed by atoms with Crippen molar-refractivity contribution >= 4 is 5.91 Å². The zero-order valence-electron chi connectivity index (χ0n) is 15.0. The molecule has 0 unspecified atom stereocenters. The van der Waals surface area contributed by atoms with Crippen LogP contribution in [-0.4, -0.2) is 74.1 Å². The van der Waals surface area contributed by atoms with Crippen molar-refractivity contribution in [3.63, 3.8) is 0 Å². The number of benzene rings is 1. The average molecular weight is 373 g/mol. The van der Waals surface area contributed by atoms with Crippen LogP contribution in [0.4, 0.5) is 0 Å². The summed E-state index contributed by atoms with van der Waals surface area (Å²) in [5.41, 5.74) is 0.282. The van der Waals surface area contributed by atoms with Crippen LogP contribution in [0.3, 0.4) is 0 Å². The largest absolute Gasteiger partial charge is 0.484 e. The molecule has 0 radical (unpaired) electrons. The third-order valence-electron chi connectivity index (χ3n) is 5.37. The lowest BCUT2D eigenvalue weighted by molar-refractivity contribution is -0.180. The Bertz CT molecular complexity index is 774. The quantitative estimate of drug-likeness (QED) is 0.836. The smallest absolute Gasteiger partial charge is 0.260 e. The predicted octanol–water partition coefficient (Wildman–Crippen LogP) is 0.574. The summed E-state index contributed by atoms with van der Waals surface area (Å²) in [5, 5.41) is 21.3. The fraction of sp³-hybridized carbons (Fsp3) is 0.556. The van der Waals surface area contributed by atoms with Crippen LogP contribution in [0.5, 0.6) is 5.75 Å². The van der Waals surface area contributed by atoms with E-state index in [1.54, 1.807) is 17.0 Å². The molecular formula is C18H23N5O4. The summed E-state index contributed by atoms with van der Waals surface area (Å²) >= 11 is 0. The minimum absolute atomic E-state index is 0.0323. The Morgan fingerprint density at radius 3 is 2.96 bits per heavy atom. The van der Waals surface area contributed by atoms with Crippen molar-refractivity contribution in [1.29, 1.82) is 0 Å². The number of nitrogens with zero attached hydrogens (tertiary/aromatic N) is 5. The molecule has 1 spiro atoms. The highest BCUT2D eigenvalue weighted by molar-refractivity contribution is 5.78. The SMILES string of the molecule is O=C(COc1cccc(-n2cnnn2)c1)N1CCC2(CC1)OCCC[C@H]2O. The van der Waals surface area contributed by atoms with E-state index in [9.17, 15) is 9.90 Å². The molecular weight excluding hydrogens is 350 g/mol. The maximum atomic E-state index is 12.5. The topological polar surface area (TPSA) is 103 Å². The molecule has 0 bridgehead atoms. The summed E-state index contributed by atoms with van der Waals surface area (Å²) in [5.74, 6) is 0.513. The minimum atomic E-state index is -0.476. The number of carbonyl (C=O) groups excluding carboxylic acids is 1. The molecule has 2 fully saturated rings. The third kappa shape index (κ3) is 3.79. The second-order valence-corrected chi connectivity index (χ2v) is 6.99. The molecule has 0 aliphatic carbocycles. The summed E-state index contributed by atoms with van der Waals surface area (Å²) in [6, 6.07) is 7.24. The molecule has 4 rings (SSSR count). The van der Waals surface area contributed by atoms with Crippen LogP contribution in [0.25, 0.3) is 5.69 Å². The van der Waals surface area contributed by atoms with Crippen LogP contribution in [0.1, 0.15) is 25.7 Å². The Kier molecular flexibility index (Phi) is 5.04. The molecule has 2 saturated heterocycles. The minimum Gasteiger partial charge on any atom is -0.484 e. The van der Waals surface area contributed by atoms with Crippen molar-refractivity contribution in [2.45, 2.75) is 37.4 Å². The lowest BCUT2D eigenvalue weighted by atomic mass is 9.82. The number of rotatable bonds is 4. The van der Waals surface area contributed by atoms with Gasteiger partial charge < -0.3 is 19.5 Å². The maximum absolute atomic E-state index is 12.5. The van der Waals surface area contributed by atoms with Crippen LogP contribution in [-0.2, 0) is 9.53 Å². The van der Waals surface area contributed by atoms with E-state index >= 15 is 0 Å².